The van der Waals surface area contributed by atoms with Crippen LogP contribution in [0.1, 0.15) is 48.3 Å². The molecule has 0 unspecified atom stereocenters. The normalized spacial score (nSPS) is 22.9. The molecule has 0 saturated heterocycles. The van der Waals surface area contributed by atoms with E-state index < -0.39 is 66.6 Å². The Morgan fingerprint density at radius 1 is 0.895 bits per heavy atom. The molecule has 1 nitrogen and oxygen atoms in total. The molecule has 0 N–H and O–H groups in total. The van der Waals surface area contributed by atoms with E-state index in [4.69, 9.17) is 16.4 Å². The van der Waals surface area contributed by atoms with Crippen LogP contribution in [-0.2, 0) is 5.54 Å². The van der Waals surface area contributed by atoms with Crippen LogP contribution in [-0.4, -0.2) is 4.57 Å². The zero-order valence-corrected chi connectivity index (χ0v) is 10.9. The number of para-hydroxylation sites is 2. The zero-order valence-electron chi connectivity index (χ0n) is 22.9. The molecule has 98 valence electrons. The van der Waals surface area contributed by atoms with Crippen molar-refractivity contribution < 1.29 is 16.4 Å². The van der Waals surface area contributed by atoms with Gasteiger partial charge in [0.2, 0.25) is 0 Å². The third kappa shape index (κ3) is 1.68. The number of aryl methyl sites for hydroxylation is 2. The molecular formula is C18H21N. The molecule has 0 aliphatic rings. The second-order valence-electron chi connectivity index (χ2n) is 5.45. The molecule has 0 saturated carbocycles. The molecule has 1 heterocycles. The first-order chi connectivity index (χ1) is 13.8. The second kappa shape index (κ2) is 3.86. The maximum Gasteiger partial charge on any atom is 0.0630 e. The standard InChI is InChI=1S/C18H21N/c1-12-8-6-10-14-15-11-7-9-13(2)17(15)19(16(12)14)18(3,4)5/h6-11H,1-5H3/i1D3,2D3,6D,7D,8D,9D,10D,11D. The lowest BCUT2D eigenvalue weighted by atomic mass is 10.1. The van der Waals surface area contributed by atoms with E-state index in [-0.39, 0.29) is 21.8 Å². The summed E-state index contributed by atoms with van der Waals surface area (Å²) in [7, 11) is 0. The van der Waals surface area contributed by atoms with E-state index in [2.05, 4.69) is 0 Å². The minimum absolute atomic E-state index is 0.141. The Kier molecular flexibility index (Phi) is 0.948. The summed E-state index contributed by atoms with van der Waals surface area (Å²) in [4.78, 5) is 0. The van der Waals surface area contributed by atoms with Crippen molar-refractivity contribution in [2.24, 2.45) is 0 Å². The van der Waals surface area contributed by atoms with Crippen LogP contribution >= 0.6 is 0 Å². The van der Waals surface area contributed by atoms with Crippen molar-refractivity contribution in [1.29, 1.82) is 0 Å². The summed E-state index contributed by atoms with van der Waals surface area (Å²) in [6, 6.07) is -3.73. The molecule has 0 radical (unpaired) electrons. The summed E-state index contributed by atoms with van der Waals surface area (Å²) in [6.45, 7) is -0.731. The molecule has 0 bridgehead atoms. The van der Waals surface area contributed by atoms with Gasteiger partial charge in [0.25, 0.3) is 0 Å². The maximum atomic E-state index is 8.44. The molecule has 1 heteroatoms. The third-order valence-electron chi connectivity index (χ3n) is 3.07. The van der Waals surface area contributed by atoms with E-state index in [0.717, 1.165) is 0 Å². The van der Waals surface area contributed by atoms with Crippen molar-refractivity contribution in [2.45, 2.75) is 40.0 Å². The van der Waals surface area contributed by atoms with E-state index in [9.17, 15) is 0 Å². The summed E-state index contributed by atoms with van der Waals surface area (Å²) >= 11 is 0. The van der Waals surface area contributed by atoms with Crippen LogP contribution in [0.4, 0.5) is 0 Å². The van der Waals surface area contributed by atoms with Crippen LogP contribution in [0.3, 0.4) is 0 Å². The molecule has 0 atom stereocenters. The van der Waals surface area contributed by atoms with Gasteiger partial charge in [-0.1, -0.05) is 36.3 Å². The molecule has 0 fully saturated rings. The maximum absolute atomic E-state index is 8.44. The van der Waals surface area contributed by atoms with Crippen LogP contribution in [0.2, 0.25) is 0 Å². The lowest BCUT2D eigenvalue weighted by Gasteiger charge is -2.25. The van der Waals surface area contributed by atoms with Crippen molar-refractivity contribution in [3.63, 3.8) is 0 Å². The van der Waals surface area contributed by atoms with E-state index in [1.165, 1.54) is 4.57 Å². The number of fused-ring (bicyclic) bond motifs is 3. The third-order valence-corrected chi connectivity index (χ3v) is 3.07. The number of aromatic nitrogens is 1. The molecule has 0 aliphatic carbocycles. The van der Waals surface area contributed by atoms with Gasteiger partial charge in [0.05, 0.1) is 19.3 Å². The first-order valence-electron chi connectivity index (χ1n) is 11.9. The Labute approximate surface area is 131 Å². The number of benzene rings is 2. The number of nitrogens with zero attached hydrogens (tertiary/aromatic N) is 1. The molecule has 0 spiro atoms. The van der Waals surface area contributed by atoms with Crippen LogP contribution in [0.25, 0.3) is 21.8 Å². The van der Waals surface area contributed by atoms with Gasteiger partial charge in [0.1, 0.15) is 0 Å². The highest BCUT2D eigenvalue weighted by atomic mass is 15.1. The smallest absolute Gasteiger partial charge is 0.0630 e. The molecule has 1 aromatic heterocycles. The lowest BCUT2D eigenvalue weighted by molar-refractivity contribution is 0.422. The summed E-state index contributed by atoms with van der Waals surface area (Å²) in [5, 5.41) is -0.331. The van der Waals surface area contributed by atoms with Gasteiger partial charge in [-0.25, -0.2) is 0 Å². The van der Waals surface area contributed by atoms with Crippen molar-refractivity contribution in [3.05, 3.63) is 47.4 Å². The van der Waals surface area contributed by atoms with Crippen molar-refractivity contribution in [2.75, 3.05) is 0 Å². The second-order valence-corrected chi connectivity index (χ2v) is 5.45. The average Bonchev–Trinajstić information content (AvgIpc) is 2.90. The number of rotatable bonds is 0. The fourth-order valence-electron chi connectivity index (χ4n) is 2.39. The first-order valence-corrected chi connectivity index (χ1v) is 5.92. The summed E-state index contributed by atoms with van der Waals surface area (Å²) in [6.07, 6.45) is 0. The van der Waals surface area contributed by atoms with E-state index in [1.54, 1.807) is 20.8 Å². The molecule has 0 aliphatic heterocycles. The van der Waals surface area contributed by atoms with Crippen LogP contribution < -0.4 is 0 Å². The topological polar surface area (TPSA) is 4.93 Å². The fourth-order valence-corrected chi connectivity index (χ4v) is 2.39. The Morgan fingerprint density at radius 3 is 1.74 bits per heavy atom. The first kappa shape index (κ1) is 4.66. The minimum atomic E-state index is -2.87. The summed E-state index contributed by atoms with van der Waals surface area (Å²) < 4.78 is 98.9. The average molecular weight is 263 g/mol. The Morgan fingerprint density at radius 2 is 1.37 bits per heavy atom. The molecule has 3 rings (SSSR count). The van der Waals surface area contributed by atoms with Gasteiger partial charge in [-0.3, -0.25) is 0 Å². The van der Waals surface area contributed by atoms with E-state index in [1.807, 2.05) is 0 Å². The lowest BCUT2D eigenvalue weighted by Crippen LogP contribution is -2.22. The predicted octanol–water partition coefficient (Wildman–Crippen LogP) is 5.17. The Balaban J connectivity index is 2.97. The van der Waals surface area contributed by atoms with Crippen LogP contribution in [0.15, 0.2) is 36.3 Å². The van der Waals surface area contributed by atoms with Crippen molar-refractivity contribution in [1.82, 2.24) is 4.57 Å². The minimum Gasteiger partial charge on any atom is -0.335 e. The van der Waals surface area contributed by atoms with Crippen LogP contribution in [0.5, 0.6) is 0 Å². The van der Waals surface area contributed by atoms with Gasteiger partial charge in [-0.05, 0) is 45.6 Å². The molecule has 0 amide bonds. The van der Waals surface area contributed by atoms with Crippen molar-refractivity contribution in [3.8, 4) is 0 Å². The largest absolute Gasteiger partial charge is 0.335 e. The quantitative estimate of drug-likeness (QED) is 0.527. The van der Waals surface area contributed by atoms with E-state index >= 15 is 0 Å². The Hall–Kier alpha value is -1.76. The SMILES string of the molecule is [2H]c1c([2H])c(C([2H])([2H])[2H])c2c(c1[2H])c1c([2H])c([2H])c([2H])c(C([2H])([2H])[2H])c1n2C(C)(C)C. The van der Waals surface area contributed by atoms with Gasteiger partial charge < -0.3 is 4.57 Å². The van der Waals surface area contributed by atoms with E-state index in [0.29, 0.717) is 0 Å². The van der Waals surface area contributed by atoms with Gasteiger partial charge in [-0.2, -0.15) is 0 Å². The molecule has 3 aromatic rings. The van der Waals surface area contributed by atoms with Gasteiger partial charge in [0, 0.05) is 24.5 Å². The van der Waals surface area contributed by atoms with Gasteiger partial charge in [-0.15, -0.1) is 0 Å². The monoisotopic (exact) mass is 263 g/mol. The molecule has 19 heavy (non-hydrogen) atoms. The highest BCUT2D eigenvalue weighted by Crippen LogP contribution is 2.36. The highest BCUT2D eigenvalue weighted by molar-refractivity contribution is 6.10. The Bertz CT molecular complexity index is 1150. The summed E-state index contributed by atoms with van der Waals surface area (Å²) in [5.74, 6) is 0. The van der Waals surface area contributed by atoms with Crippen molar-refractivity contribution >= 4 is 21.8 Å². The van der Waals surface area contributed by atoms with Gasteiger partial charge in [0.15, 0.2) is 0 Å². The summed E-state index contributed by atoms with van der Waals surface area (Å²) in [5.41, 5.74) is -2.31. The zero-order chi connectivity index (χ0) is 24.0. The highest BCUT2D eigenvalue weighted by Gasteiger charge is 2.22. The van der Waals surface area contributed by atoms with Gasteiger partial charge >= 0.3 is 0 Å². The molecule has 2 aromatic carbocycles. The molecular weight excluding hydrogens is 230 g/mol. The predicted molar refractivity (Wildman–Crippen MR) is 83.9 cm³/mol. The number of hydrogen-bond donors (Lipinski definition) is 0. The number of hydrogen-bond acceptors (Lipinski definition) is 0. The fraction of sp³-hybridized carbons (Fsp3) is 0.333. The van der Waals surface area contributed by atoms with Crippen LogP contribution in [0, 0.1) is 13.7 Å².